The normalized spacial score (nSPS) is 14.7. The lowest BCUT2D eigenvalue weighted by Gasteiger charge is -2.35. The lowest BCUT2D eigenvalue weighted by Crippen LogP contribution is -2.59. The van der Waals surface area contributed by atoms with Gasteiger partial charge in [0.05, 0.1) is 17.8 Å². The number of methoxy groups -OCH3 is 1. The average molecular weight is 704 g/mol. The van der Waals surface area contributed by atoms with Crippen molar-refractivity contribution in [3.8, 4) is 11.3 Å². The molecule has 3 aromatic rings. The smallest absolute Gasteiger partial charge is 0.405 e. The van der Waals surface area contributed by atoms with Gasteiger partial charge in [-0.05, 0) is 53.4 Å². The molecule has 0 bridgehead atoms. The van der Waals surface area contributed by atoms with E-state index in [1.165, 1.54) is 7.11 Å². The van der Waals surface area contributed by atoms with Crippen LogP contribution in [0.15, 0.2) is 79.0 Å². The lowest BCUT2D eigenvalue weighted by molar-refractivity contribution is -0.134. The van der Waals surface area contributed by atoms with Gasteiger partial charge >= 0.3 is 6.09 Å². The summed E-state index contributed by atoms with van der Waals surface area (Å²) in [6, 6.07) is 19.2. The number of carbonyl (C=O) groups excluding carboxylic acids is 3. The molecule has 0 spiro atoms. The van der Waals surface area contributed by atoms with E-state index in [9.17, 15) is 29.4 Å². The highest BCUT2D eigenvalue weighted by Gasteiger charge is 2.37. The van der Waals surface area contributed by atoms with Crippen LogP contribution in [0.1, 0.15) is 59.1 Å². The summed E-state index contributed by atoms with van der Waals surface area (Å²) < 4.78 is 4.95. The predicted molar refractivity (Wildman–Crippen MR) is 196 cm³/mol. The van der Waals surface area contributed by atoms with Crippen molar-refractivity contribution < 1.29 is 34.1 Å². The van der Waals surface area contributed by atoms with Crippen molar-refractivity contribution in [2.45, 2.75) is 91.1 Å². The van der Waals surface area contributed by atoms with Crippen LogP contribution in [0.2, 0.25) is 0 Å². The minimum atomic E-state index is -1.33. The molecule has 1 heterocycles. The number of pyridine rings is 1. The van der Waals surface area contributed by atoms with Crippen molar-refractivity contribution in [1.29, 1.82) is 0 Å². The monoisotopic (exact) mass is 703 g/mol. The van der Waals surface area contributed by atoms with E-state index < -0.39 is 64.9 Å². The molecule has 0 radical (unpaired) electrons. The molecule has 2 aromatic carbocycles. The van der Waals surface area contributed by atoms with Gasteiger partial charge in [-0.25, -0.2) is 4.79 Å². The molecule has 0 unspecified atom stereocenters. The number of nitrogens with zero attached hydrogens (tertiary/aromatic N) is 1. The Hall–Kier alpha value is -4.81. The molecule has 0 fully saturated rings. The van der Waals surface area contributed by atoms with Crippen molar-refractivity contribution in [2.24, 2.45) is 10.8 Å². The molecule has 0 aliphatic heterocycles. The number of hydrogen-bond acceptors (Lipinski definition) is 7. The maximum atomic E-state index is 13.8. The van der Waals surface area contributed by atoms with Gasteiger partial charge in [-0.1, -0.05) is 102 Å². The predicted octanol–water partition coefficient (Wildman–Crippen LogP) is 4.11. The van der Waals surface area contributed by atoms with Gasteiger partial charge in [0.1, 0.15) is 18.7 Å². The van der Waals surface area contributed by atoms with E-state index in [-0.39, 0.29) is 19.4 Å². The zero-order valence-corrected chi connectivity index (χ0v) is 30.6. The van der Waals surface area contributed by atoms with Crippen LogP contribution in [0, 0.1) is 10.8 Å². The third kappa shape index (κ3) is 13.1. The maximum absolute atomic E-state index is 13.8. The molecule has 12 heteroatoms. The van der Waals surface area contributed by atoms with Crippen LogP contribution in [0.25, 0.3) is 11.3 Å². The quantitative estimate of drug-likeness (QED) is 0.129. The molecule has 6 N–H and O–H groups in total. The van der Waals surface area contributed by atoms with E-state index in [4.69, 9.17) is 4.74 Å². The van der Waals surface area contributed by atoms with Gasteiger partial charge in [-0.2, -0.15) is 0 Å². The molecule has 0 aliphatic rings. The van der Waals surface area contributed by atoms with Crippen LogP contribution < -0.4 is 21.3 Å². The zero-order valence-electron chi connectivity index (χ0n) is 30.6. The summed E-state index contributed by atoms with van der Waals surface area (Å²) in [6.07, 6.45) is -0.188. The number of rotatable bonds is 16. The fourth-order valence-electron chi connectivity index (χ4n) is 5.79. The molecule has 0 saturated carbocycles. The first-order chi connectivity index (χ1) is 24.0. The van der Waals surface area contributed by atoms with E-state index >= 15 is 0 Å². The highest BCUT2D eigenvalue weighted by Crippen LogP contribution is 2.23. The second-order valence-corrected chi connectivity index (χ2v) is 15.0. The zero-order chi connectivity index (χ0) is 37.8. The van der Waals surface area contributed by atoms with Gasteiger partial charge in [-0.15, -0.1) is 0 Å². The Labute approximate surface area is 300 Å². The summed E-state index contributed by atoms with van der Waals surface area (Å²) in [5.41, 5.74) is 2.02. The number of amides is 4. The first-order valence-electron chi connectivity index (χ1n) is 17.1. The first-order valence-corrected chi connectivity index (χ1v) is 17.1. The van der Waals surface area contributed by atoms with E-state index in [1.54, 1.807) is 27.0 Å². The number of benzene rings is 2. The fourth-order valence-corrected chi connectivity index (χ4v) is 5.79. The highest BCUT2D eigenvalue weighted by molar-refractivity contribution is 5.89. The van der Waals surface area contributed by atoms with Crippen molar-refractivity contribution in [3.63, 3.8) is 0 Å². The standard InChI is InChI=1S/C39H53N5O7/c1-38(2,3)33(43-32(46)24-51-7)36(48)42-30(22-25-13-9-8-10-14-25)31(45)23-28(41-35(47)34(39(4,5)6)44-37(49)50)21-26-16-18-27(19-17-26)29-15-11-12-20-40-29/h8-20,28,30-31,33-34,44-45H,21-24H2,1-7H3,(H,41,47)(H,42,48)(H,43,46)(H,49,50)/t28-,30-,31-,33+,34+/m0/s1. The summed E-state index contributed by atoms with van der Waals surface area (Å²) in [5, 5.41) is 32.4. The van der Waals surface area contributed by atoms with Gasteiger partial charge < -0.3 is 36.2 Å². The second-order valence-electron chi connectivity index (χ2n) is 15.0. The summed E-state index contributed by atoms with van der Waals surface area (Å²) in [4.78, 5) is 56.1. The maximum Gasteiger partial charge on any atom is 0.405 e. The Morgan fingerprint density at radius 2 is 1.29 bits per heavy atom. The van der Waals surface area contributed by atoms with Gasteiger partial charge in [0.15, 0.2) is 0 Å². The SMILES string of the molecule is COCC(=O)N[C@H](C(=O)N[C@@H](Cc1ccccc1)[C@@H](O)C[C@H](Cc1ccc(-c2ccccn2)cc1)NC(=O)[C@@H](NC(=O)O)C(C)(C)C)C(C)(C)C. The average Bonchev–Trinajstić information content (AvgIpc) is 3.06. The molecule has 12 nitrogen and oxygen atoms in total. The Balaban J connectivity index is 1.95. The molecule has 3 rings (SSSR count). The summed E-state index contributed by atoms with van der Waals surface area (Å²) >= 11 is 0. The van der Waals surface area contributed by atoms with Crippen molar-refractivity contribution >= 4 is 23.8 Å². The second kappa shape index (κ2) is 18.4. The lowest BCUT2D eigenvalue weighted by atomic mass is 9.85. The number of carbonyl (C=O) groups is 4. The molecule has 5 atom stereocenters. The molecule has 51 heavy (non-hydrogen) atoms. The van der Waals surface area contributed by atoms with Crippen LogP contribution in [0.5, 0.6) is 0 Å². The van der Waals surface area contributed by atoms with Crippen LogP contribution in [0.4, 0.5) is 4.79 Å². The summed E-state index contributed by atoms with van der Waals surface area (Å²) in [5.74, 6) is -1.46. The minimum Gasteiger partial charge on any atom is -0.465 e. The van der Waals surface area contributed by atoms with E-state index in [2.05, 4.69) is 26.3 Å². The van der Waals surface area contributed by atoms with E-state index in [0.29, 0.717) is 6.42 Å². The number of hydrogen-bond donors (Lipinski definition) is 6. The third-order valence-corrected chi connectivity index (χ3v) is 8.46. The molecule has 276 valence electrons. The van der Waals surface area contributed by atoms with E-state index in [0.717, 1.165) is 22.4 Å². The van der Waals surface area contributed by atoms with Crippen LogP contribution in [-0.4, -0.2) is 83.0 Å². The largest absolute Gasteiger partial charge is 0.465 e. The topological polar surface area (TPSA) is 179 Å². The highest BCUT2D eigenvalue weighted by atomic mass is 16.5. The molecule has 0 aliphatic carbocycles. The summed E-state index contributed by atoms with van der Waals surface area (Å²) in [6.45, 7) is 10.5. The molecule has 4 amide bonds. The molecule has 1 aromatic heterocycles. The molecular formula is C39H53N5O7. The first kappa shape index (κ1) is 40.6. The minimum absolute atomic E-state index is 0.0195. The molecular weight excluding hydrogens is 650 g/mol. The number of aliphatic hydroxyl groups excluding tert-OH is 1. The Kier molecular flexibility index (Phi) is 14.7. The number of aromatic nitrogens is 1. The number of carboxylic acid groups (broad SMARTS) is 1. The number of aliphatic hydroxyl groups is 1. The number of nitrogens with one attached hydrogen (secondary N) is 4. The van der Waals surface area contributed by atoms with Gasteiger partial charge in [-0.3, -0.25) is 19.4 Å². The van der Waals surface area contributed by atoms with Gasteiger partial charge in [0, 0.05) is 24.9 Å². The molecule has 0 saturated heterocycles. The van der Waals surface area contributed by atoms with Crippen LogP contribution >= 0.6 is 0 Å². The Morgan fingerprint density at radius 1 is 0.725 bits per heavy atom. The van der Waals surface area contributed by atoms with Crippen molar-refractivity contribution in [2.75, 3.05) is 13.7 Å². The Morgan fingerprint density at radius 3 is 1.84 bits per heavy atom. The van der Waals surface area contributed by atoms with Crippen LogP contribution in [0.3, 0.4) is 0 Å². The van der Waals surface area contributed by atoms with Gasteiger partial charge in [0.2, 0.25) is 17.7 Å². The van der Waals surface area contributed by atoms with Crippen molar-refractivity contribution in [1.82, 2.24) is 26.3 Å². The van der Waals surface area contributed by atoms with Crippen molar-refractivity contribution in [3.05, 3.63) is 90.1 Å². The fraction of sp³-hybridized carbons (Fsp3) is 0.462. The Bertz CT molecular complexity index is 1570. The van der Waals surface area contributed by atoms with Crippen LogP contribution in [-0.2, 0) is 32.0 Å². The van der Waals surface area contributed by atoms with Gasteiger partial charge in [0.25, 0.3) is 0 Å². The third-order valence-electron chi connectivity index (χ3n) is 8.46. The summed E-state index contributed by atoms with van der Waals surface area (Å²) in [7, 11) is 1.39. The number of ether oxygens (including phenoxy) is 1. The van der Waals surface area contributed by atoms with E-state index in [1.807, 2.05) is 93.6 Å².